The van der Waals surface area contributed by atoms with Crippen LogP contribution in [0.25, 0.3) is 10.9 Å². The summed E-state index contributed by atoms with van der Waals surface area (Å²) in [5.74, 6) is 0. The predicted octanol–water partition coefficient (Wildman–Crippen LogP) is 2.08. The Kier molecular flexibility index (Phi) is 3.66. The lowest BCUT2D eigenvalue weighted by Crippen LogP contribution is -2.42. The number of fused-ring (bicyclic) bond motifs is 2. The van der Waals surface area contributed by atoms with Gasteiger partial charge in [-0.05, 0) is 25.0 Å². The van der Waals surface area contributed by atoms with Crippen LogP contribution in [0.4, 0.5) is 0 Å². The molecule has 1 aliphatic heterocycles. The zero-order chi connectivity index (χ0) is 17.6. The molecule has 1 aliphatic rings. The fourth-order valence-corrected chi connectivity index (χ4v) is 3.51. The van der Waals surface area contributed by atoms with E-state index in [1.165, 1.54) is 4.57 Å². The molecule has 25 heavy (non-hydrogen) atoms. The van der Waals surface area contributed by atoms with Crippen LogP contribution in [0.3, 0.4) is 0 Å². The molecule has 4 rings (SSSR count). The quantitative estimate of drug-likeness (QED) is 0.661. The van der Waals surface area contributed by atoms with Gasteiger partial charge in [-0.25, -0.2) is 9.78 Å². The van der Waals surface area contributed by atoms with Crippen LogP contribution >= 0.6 is 11.6 Å². The molecule has 0 atom stereocenters. The lowest BCUT2D eigenvalue weighted by atomic mass is 10.1. The molecule has 0 aliphatic carbocycles. The van der Waals surface area contributed by atoms with E-state index >= 15 is 0 Å². The summed E-state index contributed by atoms with van der Waals surface area (Å²) in [7, 11) is 0. The lowest BCUT2D eigenvalue weighted by Gasteiger charge is -2.12. The van der Waals surface area contributed by atoms with Gasteiger partial charge < -0.3 is 0 Å². The summed E-state index contributed by atoms with van der Waals surface area (Å²) in [6.07, 6.45) is 1.33. The molecule has 124 valence electrons. The zero-order valence-corrected chi connectivity index (χ0v) is 14.0. The van der Waals surface area contributed by atoms with Gasteiger partial charge in [-0.15, -0.1) is 0 Å². The summed E-state index contributed by atoms with van der Waals surface area (Å²) in [6.45, 7) is 0.510. The summed E-state index contributed by atoms with van der Waals surface area (Å²) in [5, 5.41) is 10.5. The SMILES string of the molecule is N#Cc1c2n(c(=O)n(Cc3cc4ccccc4nc3Cl)c1=O)CCC2. The first-order chi connectivity index (χ1) is 12.1. The molecule has 3 aromatic rings. The largest absolute Gasteiger partial charge is 0.331 e. The number of nitriles is 1. The van der Waals surface area contributed by atoms with Gasteiger partial charge in [0.2, 0.25) is 0 Å². The first kappa shape index (κ1) is 15.6. The van der Waals surface area contributed by atoms with Crippen molar-refractivity contribution in [2.45, 2.75) is 25.9 Å². The Morgan fingerprint density at radius 3 is 2.88 bits per heavy atom. The van der Waals surface area contributed by atoms with Crippen molar-refractivity contribution < 1.29 is 0 Å². The van der Waals surface area contributed by atoms with Crippen LogP contribution in [0.5, 0.6) is 0 Å². The maximum absolute atomic E-state index is 12.7. The third-order valence-corrected chi connectivity index (χ3v) is 4.85. The van der Waals surface area contributed by atoms with E-state index in [2.05, 4.69) is 4.98 Å². The van der Waals surface area contributed by atoms with Gasteiger partial charge in [0.1, 0.15) is 16.8 Å². The third-order valence-electron chi connectivity index (χ3n) is 4.52. The molecule has 0 amide bonds. The Hall–Kier alpha value is -2.91. The first-order valence-corrected chi connectivity index (χ1v) is 8.28. The fourth-order valence-electron chi connectivity index (χ4n) is 3.31. The minimum absolute atomic E-state index is 0.0106. The molecule has 0 saturated carbocycles. The van der Waals surface area contributed by atoms with Crippen LogP contribution in [0.15, 0.2) is 39.9 Å². The van der Waals surface area contributed by atoms with E-state index < -0.39 is 11.2 Å². The molecule has 3 heterocycles. The summed E-state index contributed by atoms with van der Waals surface area (Å²) in [5.41, 5.74) is 0.929. The second-order valence-corrected chi connectivity index (χ2v) is 6.35. The van der Waals surface area contributed by atoms with Crippen LogP contribution in [-0.2, 0) is 19.5 Å². The molecule has 0 bridgehead atoms. The van der Waals surface area contributed by atoms with Crippen molar-refractivity contribution in [1.29, 1.82) is 5.26 Å². The van der Waals surface area contributed by atoms with E-state index in [-0.39, 0.29) is 17.3 Å². The molecule has 0 spiro atoms. The van der Waals surface area contributed by atoms with Gasteiger partial charge >= 0.3 is 5.69 Å². The maximum Gasteiger partial charge on any atom is 0.331 e. The van der Waals surface area contributed by atoms with Crippen molar-refractivity contribution in [1.82, 2.24) is 14.1 Å². The maximum atomic E-state index is 12.7. The second kappa shape index (κ2) is 5.87. The van der Waals surface area contributed by atoms with E-state index in [0.717, 1.165) is 21.9 Å². The van der Waals surface area contributed by atoms with E-state index in [1.54, 1.807) is 0 Å². The number of benzene rings is 1. The molecule has 6 nitrogen and oxygen atoms in total. The summed E-state index contributed by atoms with van der Waals surface area (Å²) >= 11 is 6.25. The van der Waals surface area contributed by atoms with Crippen molar-refractivity contribution in [2.75, 3.05) is 0 Å². The van der Waals surface area contributed by atoms with Crippen LogP contribution in [0, 0.1) is 11.3 Å². The van der Waals surface area contributed by atoms with Crippen LogP contribution < -0.4 is 11.2 Å². The second-order valence-electron chi connectivity index (χ2n) is 5.99. The Labute approximate surface area is 147 Å². The van der Waals surface area contributed by atoms with Crippen molar-refractivity contribution in [2.24, 2.45) is 0 Å². The Morgan fingerprint density at radius 2 is 2.08 bits per heavy atom. The normalized spacial score (nSPS) is 13.0. The monoisotopic (exact) mass is 352 g/mol. The molecule has 7 heteroatoms. The molecule has 0 radical (unpaired) electrons. The highest BCUT2D eigenvalue weighted by Crippen LogP contribution is 2.21. The van der Waals surface area contributed by atoms with Crippen LogP contribution in [0.1, 0.15) is 23.2 Å². The lowest BCUT2D eigenvalue weighted by molar-refractivity contribution is 0.601. The predicted molar refractivity (Wildman–Crippen MR) is 93.9 cm³/mol. The highest BCUT2D eigenvalue weighted by Gasteiger charge is 2.23. The molecule has 0 unspecified atom stereocenters. The molecular weight excluding hydrogens is 340 g/mol. The molecule has 0 saturated heterocycles. The summed E-state index contributed by atoms with van der Waals surface area (Å²) in [6, 6.07) is 11.2. The van der Waals surface area contributed by atoms with Crippen molar-refractivity contribution in [3.63, 3.8) is 0 Å². The van der Waals surface area contributed by atoms with Crippen molar-refractivity contribution in [3.8, 4) is 6.07 Å². The number of aromatic nitrogens is 3. The number of nitrogens with zero attached hydrogens (tertiary/aromatic N) is 4. The molecular formula is C18H13ClN4O2. The van der Waals surface area contributed by atoms with Gasteiger partial charge in [0.15, 0.2) is 0 Å². The summed E-state index contributed by atoms with van der Waals surface area (Å²) in [4.78, 5) is 29.6. The van der Waals surface area contributed by atoms with Crippen molar-refractivity contribution in [3.05, 3.63) is 73.1 Å². The Balaban J connectivity index is 1.90. The van der Waals surface area contributed by atoms with Gasteiger partial charge in [-0.2, -0.15) is 5.26 Å². The molecule has 1 aromatic carbocycles. The van der Waals surface area contributed by atoms with Gasteiger partial charge in [-0.1, -0.05) is 29.8 Å². The number of pyridine rings is 1. The van der Waals surface area contributed by atoms with Crippen molar-refractivity contribution >= 4 is 22.5 Å². The number of hydrogen-bond donors (Lipinski definition) is 0. The Morgan fingerprint density at radius 1 is 1.28 bits per heavy atom. The average Bonchev–Trinajstić information content (AvgIpc) is 3.09. The number of halogens is 1. The average molecular weight is 353 g/mol. The van der Waals surface area contributed by atoms with Gasteiger partial charge in [-0.3, -0.25) is 13.9 Å². The van der Waals surface area contributed by atoms with Gasteiger partial charge in [0.05, 0.1) is 12.1 Å². The van der Waals surface area contributed by atoms with Gasteiger partial charge in [0, 0.05) is 23.2 Å². The van der Waals surface area contributed by atoms with Crippen LogP contribution in [-0.4, -0.2) is 14.1 Å². The number of para-hydroxylation sites is 1. The summed E-state index contributed by atoms with van der Waals surface area (Å²) < 4.78 is 2.59. The first-order valence-electron chi connectivity index (χ1n) is 7.91. The zero-order valence-electron chi connectivity index (χ0n) is 13.2. The smallest absolute Gasteiger partial charge is 0.296 e. The Bertz CT molecular complexity index is 1170. The van der Waals surface area contributed by atoms with E-state index in [1.807, 2.05) is 36.4 Å². The van der Waals surface area contributed by atoms with Gasteiger partial charge in [0.25, 0.3) is 5.56 Å². The van der Waals surface area contributed by atoms with E-state index in [4.69, 9.17) is 11.6 Å². The number of rotatable bonds is 2. The molecule has 0 fully saturated rings. The van der Waals surface area contributed by atoms with E-state index in [0.29, 0.717) is 24.2 Å². The topological polar surface area (TPSA) is 80.7 Å². The minimum atomic E-state index is -0.565. The third kappa shape index (κ3) is 2.44. The van der Waals surface area contributed by atoms with Crippen LogP contribution in [0.2, 0.25) is 5.15 Å². The fraction of sp³-hybridized carbons (Fsp3) is 0.222. The highest BCUT2D eigenvalue weighted by atomic mass is 35.5. The molecule has 2 aromatic heterocycles. The standard InChI is InChI=1S/C18H13ClN4O2/c19-16-12(8-11-4-1-2-5-14(11)21-16)10-23-17(24)13(9-20)15-6-3-7-22(15)18(23)25/h1-2,4-5,8H,3,6-7,10H2. The minimum Gasteiger partial charge on any atom is -0.296 e. The highest BCUT2D eigenvalue weighted by molar-refractivity contribution is 6.30. The molecule has 0 N–H and O–H groups in total. The van der Waals surface area contributed by atoms with E-state index in [9.17, 15) is 14.9 Å². The number of hydrogen-bond acceptors (Lipinski definition) is 4.